The molecule has 5 rings (SSSR count). The highest BCUT2D eigenvalue weighted by Crippen LogP contribution is 2.40. The molecule has 0 bridgehead atoms. The number of ketones is 1. The monoisotopic (exact) mass is 445 g/mol. The Morgan fingerprint density at radius 1 is 1.09 bits per heavy atom. The molecule has 3 aliphatic carbocycles. The summed E-state index contributed by atoms with van der Waals surface area (Å²) in [5, 5.41) is 1.89. The standard InChI is InChI=1S/C27H23FO3S/c1-16-5-6-18(13-14-32(30)31)22-11-12-23-26-19(15-24(29)27(23)25(16)22)3-2-4-21(26)17-7-9-20(28)10-8-17/h2-3,5-12,15-16,21H,4,13-14H2,1H3,(H,30,31)/p-1. The van der Waals surface area contributed by atoms with Crippen LogP contribution in [-0.4, -0.2) is 20.3 Å². The quantitative estimate of drug-likeness (QED) is 0.670. The minimum atomic E-state index is -2.11. The Hall–Kier alpha value is -2.89. The van der Waals surface area contributed by atoms with Crippen LogP contribution in [0.15, 0.2) is 72.4 Å². The molecule has 5 heteroatoms. The van der Waals surface area contributed by atoms with E-state index in [1.165, 1.54) is 12.1 Å². The van der Waals surface area contributed by atoms with E-state index in [-0.39, 0.29) is 29.2 Å². The summed E-state index contributed by atoms with van der Waals surface area (Å²) in [7, 11) is 0. The second-order valence-electron chi connectivity index (χ2n) is 8.50. The number of carbonyl (C=O) groups is 1. The van der Waals surface area contributed by atoms with Crippen LogP contribution in [0.2, 0.25) is 0 Å². The Morgan fingerprint density at radius 3 is 2.59 bits per heavy atom. The zero-order valence-corrected chi connectivity index (χ0v) is 18.5. The minimum Gasteiger partial charge on any atom is -0.772 e. The lowest BCUT2D eigenvalue weighted by atomic mass is 9.74. The van der Waals surface area contributed by atoms with Crippen molar-refractivity contribution < 1.29 is 17.9 Å². The van der Waals surface area contributed by atoms with Crippen LogP contribution in [0.4, 0.5) is 4.39 Å². The molecule has 0 spiro atoms. The molecule has 0 N–H and O–H groups in total. The summed E-state index contributed by atoms with van der Waals surface area (Å²) < 4.78 is 35.8. The highest BCUT2D eigenvalue weighted by molar-refractivity contribution is 7.79. The zero-order valence-electron chi connectivity index (χ0n) is 17.6. The zero-order chi connectivity index (χ0) is 22.4. The lowest BCUT2D eigenvalue weighted by molar-refractivity contribution is 0.104. The van der Waals surface area contributed by atoms with Crippen LogP contribution in [0, 0.1) is 5.82 Å². The molecule has 162 valence electrons. The molecule has 0 aliphatic heterocycles. The molecule has 0 saturated heterocycles. The Labute approximate surface area is 188 Å². The van der Waals surface area contributed by atoms with E-state index in [0.717, 1.165) is 44.7 Å². The van der Waals surface area contributed by atoms with Gasteiger partial charge in [0, 0.05) is 23.2 Å². The fraction of sp³-hybridized carbons (Fsp3) is 0.222. The number of fused-ring (bicyclic) bond motifs is 4. The largest absolute Gasteiger partial charge is 0.772 e. The normalized spacial score (nSPS) is 22.2. The fourth-order valence-electron chi connectivity index (χ4n) is 5.14. The van der Waals surface area contributed by atoms with Gasteiger partial charge in [-0.2, -0.15) is 0 Å². The van der Waals surface area contributed by atoms with E-state index in [1.54, 1.807) is 6.08 Å². The first-order chi connectivity index (χ1) is 15.4. The summed E-state index contributed by atoms with van der Waals surface area (Å²) in [6.45, 7) is 2.06. The van der Waals surface area contributed by atoms with E-state index in [1.807, 2.05) is 42.5 Å². The lowest BCUT2D eigenvalue weighted by Gasteiger charge is -2.29. The summed E-state index contributed by atoms with van der Waals surface area (Å²) in [5.74, 6) is -0.148. The maximum absolute atomic E-state index is 13.5. The van der Waals surface area contributed by atoms with Gasteiger partial charge in [-0.05, 0) is 69.3 Å². The Balaban J connectivity index is 1.78. The molecule has 0 aromatic heterocycles. The molecule has 0 fully saturated rings. The van der Waals surface area contributed by atoms with Gasteiger partial charge in [0.2, 0.25) is 0 Å². The van der Waals surface area contributed by atoms with Crippen molar-refractivity contribution in [1.29, 1.82) is 0 Å². The van der Waals surface area contributed by atoms with Crippen LogP contribution >= 0.6 is 0 Å². The molecule has 3 unspecified atom stereocenters. The van der Waals surface area contributed by atoms with Crippen molar-refractivity contribution in [2.24, 2.45) is 0 Å². The number of hydrogen-bond acceptors (Lipinski definition) is 3. The molecule has 2 aromatic carbocycles. The first kappa shape index (κ1) is 21.0. The van der Waals surface area contributed by atoms with Gasteiger partial charge >= 0.3 is 0 Å². The van der Waals surface area contributed by atoms with Gasteiger partial charge < -0.3 is 4.55 Å². The van der Waals surface area contributed by atoms with Gasteiger partial charge in [0.1, 0.15) is 5.82 Å². The van der Waals surface area contributed by atoms with Gasteiger partial charge in [-0.25, -0.2) is 4.39 Å². The minimum absolute atomic E-state index is 0.0195. The third kappa shape index (κ3) is 3.55. The van der Waals surface area contributed by atoms with Gasteiger partial charge in [0.25, 0.3) is 0 Å². The Kier molecular flexibility index (Phi) is 5.39. The van der Waals surface area contributed by atoms with Crippen molar-refractivity contribution in [3.8, 4) is 0 Å². The Bertz CT molecular complexity index is 1360. The van der Waals surface area contributed by atoms with E-state index < -0.39 is 11.1 Å². The van der Waals surface area contributed by atoms with Gasteiger partial charge in [0.15, 0.2) is 5.78 Å². The smallest absolute Gasteiger partial charge is 0.187 e. The molecular formula is C27H22FO3S-. The maximum atomic E-state index is 13.5. The number of benzene rings is 2. The number of hydrogen-bond donors (Lipinski definition) is 0. The summed E-state index contributed by atoms with van der Waals surface area (Å²) in [6.07, 6.45) is 11.0. The predicted molar refractivity (Wildman–Crippen MR) is 124 cm³/mol. The molecule has 3 atom stereocenters. The van der Waals surface area contributed by atoms with Gasteiger partial charge in [-0.15, -0.1) is 0 Å². The first-order valence-corrected chi connectivity index (χ1v) is 12.0. The highest BCUT2D eigenvalue weighted by atomic mass is 32.2. The van der Waals surface area contributed by atoms with Crippen LogP contribution in [0.5, 0.6) is 0 Å². The van der Waals surface area contributed by atoms with Crippen molar-refractivity contribution >= 4 is 28.0 Å². The maximum Gasteiger partial charge on any atom is 0.187 e. The Morgan fingerprint density at radius 2 is 1.84 bits per heavy atom. The fourth-order valence-corrected chi connectivity index (χ4v) is 5.53. The molecular weight excluding hydrogens is 423 g/mol. The van der Waals surface area contributed by atoms with Crippen LogP contribution in [0.25, 0.3) is 11.1 Å². The third-order valence-electron chi connectivity index (χ3n) is 6.60. The molecule has 0 amide bonds. The van der Waals surface area contributed by atoms with Crippen LogP contribution in [0.1, 0.15) is 53.1 Å². The van der Waals surface area contributed by atoms with Gasteiger partial charge in [-0.1, -0.05) is 66.6 Å². The average Bonchev–Trinajstić information content (AvgIpc) is 2.78. The SMILES string of the molecule is CC1C=CC(CCS(=O)[O-])=c2ccc3c(c21)C(=O)C=C1C=CCC(c2ccc(F)cc2)C=31. The molecule has 3 aliphatic rings. The van der Waals surface area contributed by atoms with E-state index in [0.29, 0.717) is 12.0 Å². The van der Waals surface area contributed by atoms with Crippen molar-refractivity contribution in [2.75, 3.05) is 5.75 Å². The molecule has 32 heavy (non-hydrogen) atoms. The highest BCUT2D eigenvalue weighted by Gasteiger charge is 2.30. The van der Waals surface area contributed by atoms with E-state index in [2.05, 4.69) is 13.0 Å². The second-order valence-corrected chi connectivity index (χ2v) is 9.52. The van der Waals surface area contributed by atoms with Crippen LogP contribution in [0.3, 0.4) is 0 Å². The molecule has 0 heterocycles. The average molecular weight is 446 g/mol. The third-order valence-corrected chi connectivity index (χ3v) is 7.13. The second kappa shape index (κ2) is 8.23. The van der Waals surface area contributed by atoms with Gasteiger partial charge in [-0.3, -0.25) is 9.00 Å². The summed E-state index contributed by atoms with van der Waals surface area (Å²) in [6, 6.07) is 10.6. The summed E-state index contributed by atoms with van der Waals surface area (Å²) >= 11 is -2.11. The van der Waals surface area contributed by atoms with E-state index >= 15 is 0 Å². The van der Waals surface area contributed by atoms with Crippen molar-refractivity contribution in [1.82, 2.24) is 0 Å². The number of halogens is 1. The number of carbonyl (C=O) groups excluding carboxylic acids is 1. The molecule has 0 saturated carbocycles. The topological polar surface area (TPSA) is 57.2 Å². The van der Waals surface area contributed by atoms with Crippen LogP contribution < -0.4 is 10.4 Å². The predicted octanol–water partition coefficient (Wildman–Crippen LogP) is 3.94. The summed E-state index contributed by atoms with van der Waals surface area (Å²) in [5.41, 5.74) is 5.65. The lowest BCUT2D eigenvalue weighted by Crippen LogP contribution is -2.33. The van der Waals surface area contributed by atoms with Crippen LogP contribution in [-0.2, 0) is 11.1 Å². The van der Waals surface area contributed by atoms with Crippen molar-refractivity contribution in [3.05, 3.63) is 105 Å². The number of allylic oxidation sites excluding steroid dienone is 6. The molecule has 2 aromatic rings. The first-order valence-electron chi connectivity index (χ1n) is 10.8. The number of rotatable bonds is 4. The van der Waals surface area contributed by atoms with E-state index in [9.17, 15) is 17.9 Å². The molecule has 3 nitrogen and oxygen atoms in total. The summed E-state index contributed by atoms with van der Waals surface area (Å²) in [4.78, 5) is 13.3. The van der Waals surface area contributed by atoms with E-state index in [4.69, 9.17) is 0 Å². The van der Waals surface area contributed by atoms with Gasteiger partial charge in [0.05, 0.1) is 0 Å². The van der Waals surface area contributed by atoms with Crippen molar-refractivity contribution in [2.45, 2.75) is 31.6 Å². The van der Waals surface area contributed by atoms with Crippen molar-refractivity contribution in [3.63, 3.8) is 0 Å². The molecule has 0 radical (unpaired) electrons.